The molecule has 208 valence electrons. The van der Waals surface area contributed by atoms with Crippen LogP contribution in [0.25, 0.3) is 10.9 Å². The van der Waals surface area contributed by atoms with Gasteiger partial charge in [-0.15, -0.1) is 55.5 Å². The first-order valence-corrected chi connectivity index (χ1v) is 11.9. The van der Waals surface area contributed by atoms with Gasteiger partial charge in [-0.25, -0.2) is 0 Å². The van der Waals surface area contributed by atoms with Gasteiger partial charge in [0.05, 0.1) is 7.11 Å². The van der Waals surface area contributed by atoms with Crippen molar-refractivity contribution in [1.29, 1.82) is 0 Å². The van der Waals surface area contributed by atoms with Gasteiger partial charge < -0.3 is 36.7 Å². The van der Waals surface area contributed by atoms with Gasteiger partial charge in [-0.3, -0.25) is 4.79 Å². The third-order valence-electron chi connectivity index (χ3n) is 4.95. The number of hydrogen-bond donors (Lipinski definition) is 2. The number of benzene rings is 2. The van der Waals surface area contributed by atoms with Crippen molar-refractivity contribution in [3.05, 3.63) is 116 Å². The molecule has 40 heavy (non-hydrogen) atoms. The Hall–Kier alpha value is -2.65. The Morgan fingerprint density at radius 1 is 1.20 bits per heavy atom. The minimum Gasteiger partial charge on any atom is -0.496 e. The van der Waals surface area contributed by atoms with Gasteiger partial charge in [-0.05, 0) is 54.8 Å². The summed E-state index contributed by atoms with van der Waals surface area (Å²) in [4.78, 5) is 26.2. The van der Waals surface area contributed by atoms with Crippen molar-refractivity contribution in [2.24, 2.45) is 0 Å². The largest absolute Gasteiger partial charge is 1.00 e. The molecule has 1 heterocycles. The zero-order valence-corrected chi connectivity index (χ0v) is 28.3. The number of carbonyl (C=O) groups is 2. The zero-order valence-electron chi connectivity index (χ0n) is 23.4. The number of nitrogens with one attached hydrogen (secondary N) is 2. The predicted octanol–water partition coefficient (Wildman–Crippen LogP) is 3.86. The first-order chi connectivity index (χ1) is 18.8. The summed E-state index contributed by atoms with van der Waals surface area (Å²) < 4.78 is 33.0. The number of aromatic amines is 1. The predicted molar refractivity (Wildman–Crippen MR) is 149 cm³/mol. The number of carbonyl (C=O) groups excluding carboxylic acids is 2. The van der Waals surface area contributed by atoms with Gasteiger partial charge in [0.15, 0.2) is 5.97 Å². The van der Waals surface area contributed by atoms with Crippen LogP contribution in [0.15, 0.2) is 91.9 Å². The number of allylic oxidation sites excluding steroid dienone is 4. The summed E-state index contributed by atoms with van der Waals surface area (Å²) in [6.07, 6.45) is 9.19. The summed E-state index contributed by atoms with van der Waals surface area (Å²) >= 11 is 0. The second kappa shape index (κ2) is 21.1. The summed E-state index contributed by atoms with van der Waals surface area (Å²) in [6.45, 7) is 9.50. The van der Waals surface area contributed by atoms with Crippen LogP contribution in [0.4, 0.5) is 8.78 Å². The second-order valence-corrected chi connectivity index (χ2v) is 7.80. The topological polar surface area (TPSA) is 80.4 Å². The number of alkyl halides is 2. The number of hydrogen-bond acceptors (Lipinski definition) is 5. The monoisotopic (exact) mass is 620 g/mol. The van der Waals surface area contributed by atoms with E-state index in [-0.39, 0.29) is 82.0 Å². The first-order valence-electron chi connectivity index (χ1n) is 11.9. The Morgan fingerprint density at radius 2 is 1.88 bits per heavy atom. The van der Waals surface area contributed by atoms with E-state index in [9.17, 15) is 18.4 Å². The Morgan fingerprint density at radius 3 is 2.50 bits per heavy atom. The van der Waals surface area contributed by atoms with Crippen molar-refractivity contribution in [2.45, 2.75) is 39.2 Å². The van der Waals surface area contributed by atoms with Crippen LogP contribution < -0.4 is 68.2 Å². The molecule has 2 N–H and O–H groups in total. The maximum atomic E-state index is 12.0. The Bertz CT molecular complexity index is 1240. The maximum absolute atomic E-state index is 12.0. The smallest absolute Gasteiger partial charge is 0.496 e. The van der Waals surface area contributed by atoms with E-state index in [2.05, 4.69) is 53.0 Å². The number of ketones is 1. The molecule has 2 aromatic carbocycles. The quantitative estimate of drug-likeness (QED) is 0.189. The number of fused-ring (bicyclic) bond motifs is 1. The summed E-state index contributed by atoms with van der Waals surface area (Å²) in [6, 6.07) is 18.4. The molecule has 0 radical (unpaired) electrons. The Labute approximate surface area is 284 Å². The van der Waals surface area contributed by atoms with E-state index in [1.54, 1.807) is 13.2 Å². The molecule has 0 bridgehead atoms. The van der Waals surface area contributed by atoms with Crippen LogP contribution in [0, 0.1) is 18.2 Å². The molecule has 0 spiro atoms. The van der Waals surface area contributed by atoms with Crippen molar-refractivity contribution < 1.29 is 86.0 Å². The molecule has 0 fully saturated rings. The molecular weight excluding hydrogens is 588 g/mol. The van der Waals surface area contributed by atoms with E-state index >= 15 is 0 Å². The average Bonchev–Trinajstić information content (AvgIpc) is 3.39. The number of rotatable bonds is 6. The molecule has 1 atom stereocenters. The van der Waals surface area contributed by atoms with E-state index in [0.717, 1.165) is 16.5 Å². The summed E-state index contributed by atoms with van der Waals surface area (Å²) in [5, 5.41) is 3.94. The Balaban J connectivity index is 0.000000833. The number of Topliss-reactive ketones (excluding diaryl/α,β-unsaturated/α-hetero) is 1. The molecule has 0 saturated carbocycles. The molecule has 3 aromatic rings. The number of methoxy groups -OCH3 is 1. The number of ether oxygens (including phenoxy) is 2. The molecule has 0 saturated heterocycles. The SMILES string of the molecule is C=C.C=CC.COc1ccccc1C1CC(=O)[C-]=C(NC(C)=[C-]C(=O)OC(F)F)C1.[Rb+].[c-]1cccc2[nH]ccc12. The molecule has 9 heteroatoms. The van der Waals surface area contributed by atoms with Gasteiger partial charge in [0.25, 0.3) is 0 Å². The molecule has 1 aliphatic carbocycles. The van der Waals surface area contributed by atoms with Crippen molar-refractivity contribution in [2.75, 3.05) is 7.11 Å². The molecular formula is C31H33F2N2O4Rb-2. The van der Waals surface area contributed by atoms with Gasteiger partial charge in [0.1, 0.15) is 5.75 Å². The standard InChI is InChI=1S/C18H17F2NO4.C8H6N.C3H6.C2H4.Rb/c1-11(7-17(23)25-18(19)20)21-13-8-12(9-14(22)10-13)15-5-3-4-6-16(15)24-2;1-2-4-8-7(3-1)5-6-9-8;1-3-2;1-2;/h3-6,12,18,21H,8-9H2,1-2H3;1-2,4-6,9H;3H,1H2,2H3;1-2H2;/q-2;-1;;;+1. The number of para-hydroxylation sites is 1. The van der Waals surface area contributed by atoms with E-state index in [1.165, 1.54) is 6.92 Å². The summed E-state index contributed by atoms with van der Waals surface area (Å²) in [5.74, 6) is -0.925. The van der Waals surface area contributed by atoms with Gasteiger partial charge in [-0.1, -0.05) is 31.2 Å². The van der Waals surface area contributed by atoms with E-state index in [0.29, 0.717) is 17.9 Å². The fourth-order valence-electron chi connectivity index (χ4n) is 3.57. The van der Waals surface area contributed by atoms with E-state index in [1.807, 2.05) is 61.7 Å². The van der Waals surface area contributed by atoms with Crippen molar-refractivity contribution in [3.63, 3.8) is 0 Å². The fraction of sp³-hybridized carbons (Fsp3) is 0.226. The molecule has 0 amide bonds. The molecule has 0 aliphatic heterocycles. The second-order valence-electron chi connectivity index (χ2n) is 7.80. The first kappa shape index (κ1) is 37.3. The number of esters is 1. The third-order valence-corrected chi connectivity index (χ3v) is 4.95. The van der Waals surface area contributed by atoms with Gasteiger partial charge >= 0.3 is 64.8 Å². The third kappa shape index (κ3) is 13.6. The van der Waals surface area contributed by atoms with Gasteiger partial charge in [-0.2, -0.15) is 20.2 Å². The van der Waals surface area contributed by atoms with Gasteiger partial charge in [0.2, 0.25) is 0 Å². The summed E-state index contributed by atoms with van der Waals surface area (Å²) in [5.41, 5.74) is 2.64. The fourth-order valence-corrected chi connectivity index (χ4v) is 3.57. The van der Waals surface area contributed by atoms with Crippen LogP contribution >= 0.6 is 0 Å². The van der Waals surface area contributed by atoms with Crippen LogP contribution in [0.2, 0.25) is 0 Å². The van der Waals surface area contributed by atoms with E-state index < -0.39 is 12.6 Å². The van der Waals surface area contributed by atoms with Crippen LogP contribution in [-0.4, -0.2) is 30.5 Å². The Kier molecular flexibility index (Phi) is 19.7. The molecule has 1 aliphatic rings. The van der Waals surface area contributed by atoms with Crippen molar-refractivity contribution in [3.8, 4) is 5.75 Å². The van der Waals surface area contributed by atoms with Crippen LogP contribution in [-0.2, 0) is 14.3 Å². The number of H-pyrrole nitrogens is 1. The van der Waals surface area contributed by atoms with E-state index in [4.69, 9.17) is 4.74 Å². The zero-order chi connectivity index (χ0) is 29.2. The van der Waals surface area contributed by atoms with Crippen molar-refractivity contribution >= 4 is 22.7 Å². The maximum Gasteiger partial charge on any atom is 1.00 e. The molecule has 4 rings (SSSR count). The molecule has 1 aromatic heterocycles. The minimum atomic E-state index is -3.20. The normalized spacial score (nSPS) is 13.9. The molecule has 6 nitrogen and oxygen atoms in total. The average molecular weight is 621 g/mol. The summed E-state index contributed by atoms with van der Waals surface area (Å²) in [7, 11) is 1.56. The van der Waals surface area contributed by atoms with Crippen LogP contribution in [0.1, 0.15) is 38.2 Å². The van der Waals surface area contributed by atoms with Crippen LogP contribution in [0.3, 0.4) is 0 Å². The molecule has 1 unspecified atom stereocenters. The number of halogens is 2. The number of aromatic nitrogens is 1. The van der Waals surface area contributed by atoms with Crippen molar-refractivity contribution in [1.82, 2.24) is 10.3 Å². The van der Waals surface area contributed by atoms with Gasteiger partial charge in [0, 0.05) is 0 Å². The van der Waals surface area contributed by atoms with Crippen LogP contribution in [0.5, 0.6) is 5.75 Å². The minimum absolute atomic E-state index is 0.